The highest BCUT2D eigenvalue weighted by Crippen LogP contribution is 2.19. The highest BCUT2D eigenvalue weighted by atomic mass is 19.1. The van der Waals surface area contributed by atoms with Crippen molar-refractivity contribution in [1.29, 1.82) is 0 Å². The first-order valence-electron chi connectivity index (χ1n) is 6.13. The van der Waals surface area contributed by atoms with Crippen LogP contribution >= 0.6 is 0 Å². The molecular weight excluding hydrogens is 296 g/mol. The van der Waals surface area contributed by atoms with Gasteiger partial charge in [-0.05, 0) is 18.2 Å². The van der Waals surface area contributed by atoms with Crippen LogP contribution in [0.4, 0.5) is 14.8 Å². The summed E-state index contributed by atoms with van der Waals surface area (Å²) in [5, 5.41) is 13.6. The van der Waals surface area contributed by atoms with Crippen LogP contribution in [0.2, 0.25) is 0 Å². The van der Waals surface area contributed by atoms with Gasteiger partial charge in [-0.25, -0.2) is 8.78 Å². The van der Waals surface area contributed by atoms with Gasteiger partial charge in [0.25, 0.3) is 11.8 Å². The SMILES string of the molecule is Cn1nccc1-c1nnc(NC(=O)c2ccc(F)cc2F)o1. The van der Waals surface area contributed by atoms with E-state index in [1.165, 1.54) is 4.68 Å². The van der Waals surface area contributed by atoms with E-state index in [1.54, 1.807) is 19.3 Å². The Labute approximate surface area is 122 Å². The lowest BCUT2D eigenvalue weighted by Gasteiger charge is -2.02. The number of carbonyl (C=O) groups is 1. The number of rotatable bonds is 3. The molecule has 2 heterocycles. The maximum atomic E-state index is 13.5. The molecule has 7 nitrogen and oxygen atoms in total. The van der Waals surface area contributed by atoms with Gasteiger partial charge in [0.2, 0.25) is 0 Å². The molecule has 0 saturated heterocycles. The molecule has 0 aliphatic rings. The average molecular weight is 305 g/mol. The number of halogens is 2. The van der Waals surface area contributed by atoms with E-state index in [9.17, 15) is 13.6 Å². The van der Waals surface area contributed by atoms with Gasteiger partial charge < -0.3 is 4.42 Å². The van der Waals surface area contributed by atoms with Crippen molar-refractivity contribution in [3.63, 3.8) is 0 Å². The van der Waals surface area contributed by atoms with E-state index in [0.717, 1.165) is 12.1 Å². The molecule has 0 atom stereocenters. The van der Waals surface area contributed by atoms with Crippen molar-refractivity contribution >= 4 is 11.9 Å². The summed E-state index contributed by atoms with van der Waals surface area (Å²) in [6.07, 6.45) is 1.55. The summed E-state index contributed by atoms with van der Waals surface area (Å²) in [7, 11) is 1.69. The van der Waals surface area contributed by atoms with Gasteiger partial charge in [0.1, 0.15) is 17.3 Å². The van der Waals surface area contributed by atoms with Crippen LogP contribution in [-0.4, -0.2) is 25.9 Å². The zero-order valence-electron chi connectivity index (χ0n) is 11.2. The molecule has 0 spiro atoms. The highest BCUT2D eigenvalue weighted by Gasteiger charge is 2.17. The lowest BCUT2D eigenvalue weighted by Crippen LogP contribution is -2.14. The van der Waals surface area contributed by atoms with Crippen LogP contribution in [-0.2, 0) is 7.05 Å². The lowest BCUT2D eigenvalue weighted by molar-refractivity contribution is 0.102. The summed E-state index contributed by atoms with van der Waals surface area (Å²) in [6, 6.07) is 4.07. The molecule has 0 saturated carbocycles. The van der Waals surface area contributed by atoms with Crippen molar-refractivity contribution in [2.75, 3.05) is 5.32 Å². The van der Waals surface area contributed by atoms with E-state index in [-0.39, 0.29) is 17.5 Å². The minimum absolute atomic E-state index is 0.148. The largest absolute Gasteiger partial charge is 0.401 e. The number of anilines is 1. The molecular formula is C13H9F2N5O2. The predicted molar refractivity (Wildman–Crippen MR) is 70.8 cm³/mol. The van der Waals surface area contributed by atoms with Gasteiger partial charge in [-0.3, -0.25) is 14.8 Å². The molecule has 0 bridgehead atoms. The summed E-state index contributed by atoms with van der Waals surface area (Å²) in [6.45, 7) is 0. The van der Waals surface area contributed by atoms with Gasteiger partial charge in [-0.15, -0.1) is 5.10 Å². The molecule has 0 aliphatic heterocycles. The number of benzene rings is 1. The second kappa shape index (κ2) is 5.35. The number of aromatic nitrogens is 4. The van der Waals surface area contributed by atoms with E-state index in [4.69, 9.17) is 4.42 Å². The third kappa shape index (κ3) is 2.55. The van der Waals surface area contributed by atoms with Crippen LogP contribution in [0.25, 0.3) is 11.6 Å². The normalized spacial score (nSPS) is 10.7. The molecule has 1 amide bonds. The van der Waals surface area contributed by atoms with Gasteiger partial charge in [0, 0.05) is 19.3 Å². The maximum absolute atomic E-state index is 13.5. The van der Waals surface area contributed by atoms with Crippen molar-refractivity contribution in [3.05, 3.63) is 47.7 Å². The van der Waals surface area contributed by atoms with Crippen molar-refractivity contribution in [3.8, 4) is 11.6 Å². The van der Waals surface area contributed by atoms with E-state index in [1.807, 2.05) is 0 Å². The second-order valence-corrected chi connectivity index (χ2v) is 4.33. The summed E-state index contributed by atoms with van der Waals surface area (Å²) < 4.78 is 33.1. The monoisotopic (exact) mass is 305 g/mol. The van der Waals surface area contributed by atoms with Crippen LogP contribution in [0, 0.1) is 11.6 Å². The fraction of sp³-hybridized carbons (Fsp3) is 0.0769. The van der Waals surface area contributed by atoms with E-state index in [2.05, 4.69) is 20.6 Å². The second-order valence-electron chi connectivity index (χ2n) is 4.33. The van der Waals surface area contributed by atoms with Crippen LogP contribution in [0.5, 0.6) is 0 Å². The van der Waals surface area contributed by atoms with Crippen LogP contribution in [0.15, 0.2) is 34.9 Å². The van der Waals surface area contributed by atoms with Crippen LogP contribution in [0.3, 0.4) is 0 Å². The standard InChI is InChI=1S/C13H9F2N5O2/c1-20-10(4-5-16-20)12-18-19-13(22-12)17-11(21)8-3-2-7(14)6-9(8)15/h2-6H,1H3,(H,17,19,21). The lowest BCUT2D eigenvalue weighted by atomic mass is 10.2. The Morgan fingerprint density at radius 2 is 2.09 bits per heavy atom. The van der Waals surface area contributed by atoms with Gasteiger partial charge in [0.05, 0.1) is 5.56 Å². The molecule has 9 heteroatoms. The van der Waals surface area contributed by atoms with Gasteiger partial charge >= 0.3 is 6.01 Å². The summed E-state index contributed by atoms with van der Waals surface area (Å²) in [5.74, 6) is -2.43. The number of carbonyl (C=O) groups excluding carboxylic acids is 1. The molecule has 3 rings (SSSR count). The molecule has 3 aromatic rings. The third-order valence-electron chi connectivity index (χ3n) is 2.86. The molecule has 22 heavy (non-hydrogen) atoms. The number of hydrogen-bond donors (Lipinski definition) is 1. The van der Waals surface area contributed by atoms with Crippen molar-refractivity contribution in [2.45, 2.75) is 0 Å². The Kier molecular flexibility index (Phi) is 3.37. The molecule has 112 valence electrons. The third-order valence-corrected chi connectivity index (χ3v) is 2.86. The zero-order valence-corrected chi connectivity index (χ0v) is 11.2. The van der Waals surface area contributed by atoms with Gasteiger partial charge in [-0.1, -0.05) is 5.10 Å². The summed E-state index contributed by atoms with van der Waals surface area (Å²) in [4.78, 5) is 11.9. The number of hydrogen-bond acceptors (Lipinski definition) is 5. The average Bonchev–Trinajstić information content (AvgIpc) is 3.07. The first kappa shape index (κ1) is 13.9. The smallest absolute Gasteiger partial charge is 0.322 e. The number of amides is 1. The quantitative estimate of drug-likeness (QED) is 0.800. The van der Waals surface area contributed by atoms with E-state index in [0.29, 0.717) is 11.8 Å². The Hall–Kier alpha value is -3.10. The Balaban J connectivity index is 1.80. The molecule has 2 aromatic heterocycles. The number of nitrogens with zero attached hydrogens (tertiary/aromatic N) is 4. The van der Waals surface area contributed by atoms with E-state index >= 15 is 0 Å². The molecule has 1 N–H and O–H groups in total. The number of aryl methyl sites for hydroxylation is 1. The molecule has 0 aliphatic carbocycles. The Bertz CT molecular complexity index is 843. The Morgan fingerprint density at radius 3 is 2.77 bits per heavy atom. The van der Waals surface area contributed by atoms with Gasteiger partial charge in [-0.2, -0.15) is 5.10 Å². The first-order chi connectivity index (χ1) is 10.5. The Morgan fingerprint density at radius 1 is 1.27 bits per heavy atom. The highest BCUT2D eigenvalue weighted by molar-refractivity contribution is 6.03. The topological polar surface area (TPSA) is 85.8 Å². The summed E-state index contributed by atoms with van der Waals surface area (Å²) in [5.41, 5.74) is 0.225. The van der Waals surface area contributed by atoms with E-state index < -0.39 is 17.5 Å². The molecule has 1 aromatic carbocycles. The van der Waals surface area contributed by atoms with Gasteiger partial charge in [0.15, 0.2) is 0 Å². The number of nitrogens with one attached hydrogen (secondary N) is 1. The van der Waals surface area contributed by atoms with Crippen LogP contribution < -0.4 is 5.32 Å². The molecule has 0 fully saturated rings. The van der Waals surface area contributed by atoms with Crippen molar-refractivity contribution < 1.29 is 18.0 Å². The summed E-state index contributed by atoms with van der Waals surface area (Å²) >= 11 is 0. The first-order valence-corrected chi connectivity index (χ1v) is 6.13. The maximum Gasteiger partial charge on any atom is 0.322 e. The zero-order chi connectivity index (χ0) is 15.7. The predicted octanol–water partition coefficient (Wildman–Crippen LogP) is 2.00. The van der Waals surface area contributed by atoms with Crippen LogP contribution in [0.1, 0.15) is 10.4 Å². The fourth-order valence-corrected chi connectivity index (χ4v) is 1.80. The molecule has 0 unspecified atom stereocenters. The van der Waals surface area contributed by atoms with Crippen molar-refractivity contribution in [2.24, 2.45) is 7.05 Å². The minimum Gasteiger partial charge on any atom is -0.401 e. The molecule has 0 radical (unpaired) electrons. The fourth-order valence-electron chi connectivity index (χ4n) is 1.80. The minimum atomic E-state index is -0.983. The van der Waals surface area contributed by atoms with Crippen molar-refractivity contribution in [1.82, 2.24) is 20.0 Å².